The van der Waals surface area contributed by atoms with Crippen LogP contribution in [0.5, 0.6) is 5.75 Å². The van der Waals surface area contributed by atoms with Gasteiger partial charge in [-0.15, -0.1) is 0 Å². The van der Waals surface area contributed by atoms with Gasteiger partial charge in [-0.2, -0.15) is 0 Å². The van der Waals surface area contributed by atoms with Gasteiger partial charge in [0, 0.05) is 6.54 Å². The third kappa shape index (κ3) is 4.20. The lowest BCUT2D eigenvalue weighted by Crippen LogP contribution is -2.18. The van der Waals surface area contributed by atoms with E-state index in [1.165, 1.54) is 0 Å². The maximum atomic E-state index is 5.71. The first kappa shape index (κ1) is 13.2. The Balaban J connectivity index is 2.00. The summed E-state index contributed by atoms with van der Waals surface area (Å²) in [7, 11) is 0. The first-order valence-electron chi connectivity index (χ1n) is 6.47. The minimum Gasteiger partial charge on any atom is -0.489 e. The van der Waals surface area contributed by atoms with Gasteiger partial charge >= 0.3 is 0 Å². The molecule has 4 nitrogen and oxygen atoms in total. The van der Waals surface area contributed by atoms with Gasteiger partial charge in [0.2, 0.25) is 0 Å². The third-order valence-electron chi connectivity index (χ3n) is 2.79. The van der Waals surface area contributed by atoms with Crippen molar-refractivity contribution in [2.75, 3.05) is 44.9 Å². The van der Waals surface area contributed by atoms with Gasteiger partial charge in [0.25, 0.3) is 0 Å². The van der Waals surface area contributed by atoms with Crippen molar-refractivity contribution in [1.29, 1.82) is 0 Å². The van der Waals surface area contributed by atoms with Gasteiger partial charge in [0.15, 0.2) is 0 Å². The molecule has 0 fully saturated rings. The molecule has 2 rings (SSSR count). The van der Waals surface area contributed by atoms with E-state index in [0.717, 1.165) is 24.6 Å². The molecule has 0 aliphatic carbocycles. The molecular weight excluding hydrogens is 230 g/mol. The normalized spacial score (nSPS) is 22.4. The molecule has 4 heteroatoms. The fourth-order valence-electron chi connectivity index (χ4n) is 1.80. The second-order valence-corrected chi connectivity index (χ2v) is 4.52. The van der Waals surface area contributed by atoms with Gasteiger partial charge in [-0.25, -0.2) is 0 Å². The van der Waals surface area contributed by atoms with Crippen LogP contribution >= 0.6 is 0 Å². The molecule has 1 aromatic rings. The number of hydrogen-bond acceptors (Lipinski definition) is 4. The van der Waals surface area contributed by atoms with Crippen LogP contribution in [0.1, 0.15) is 6.92 Å². The second kappa shape index (κ2) is 7.24. The first-order chi connectivity index (χ1) is 8.86. The average Bonchev–Trinajstić information content (AvgIpc) is 2.41. The van der Waals surface area contributed by atoms with Crippen molar-refractivity contribution in [3.63, 3.8) is 0 Å². The lowest BCUT2D eigenvalue weighted by atomic mass is 10.2. The Hall–Kier alpha value is -1.26. The lowest BCUT2D eigenvalue weighted by molar-refractivity contribution is 0.0284. The van der Waals surface area contributed by atoms with E-state index in [1.807, 2.05) is 24.3 Å². The standard InChI is InChI=1S/C14H21NO3/c1-12-10-15-13-4-2-3-5-14(13)18-9-8-16-6-7-17-11-12/h2-5,12,15H,6-11H2,1H3. The van der Waals surface area contributed by atoms with Crippen molar-refractivity contribution in [2.45, 2.75) is 6.92 Å². The van der Waals surface area contributed by atoms with Gasteiger partial charge in [-0.1, -0.05) is 19.1 Å². The minimum atomic E-state index is 0.457. The van der Waals surface area contributed by atoms with Crippen LogP contribution in [0.25, 0.3) is 0 Å². The molecule has 0 bridgehead atoms. The highest BCUT2D eigenvalue weighted by Gasteiger charge is 2.07. The fourth-order valence-corrected chi connectivity index (χ4v) is 1.80. The molecule has 0 radical (unpaired) electrons. The van der Waals surface area contributed by atoms with Crippen molar-refractivity contribution in [3.05, 3.63) is 24.3 Å². The van der Waals surface area contributed by atoms with Gasteiger partial charge < -0.3 is 19.5 Å². The Morgan fingerprint density at radius 3 is 2.78 bits per heavy atom. The molecule has 0 saturated carbocycles. The molecule has 0 aromatic heterocycles. The Morgan fingerprint density at radius 2 is 1.83 bits per heavy atom. The second-order valence-electron chi connectivity index (χ2n) is 4.52. The van der Waals surface area contributed by atoms with Crippen LogP contribution in [0.3, 0.4) is 0 Å². The smallest absolute Gasteiger partial charge is 0.142 e. The van der Waals surface area contributed by atoms with Crippen molar-refractivity contribution < 1.29 is 14.2 Å². The summed E-state index contributed by atoms with van der Waals surface area (Å²) in [6.45, 7) is 6.22. The summed E-state index contributed by atoms with van der Waals surface area (Å²) >= 11 is 0. The van der Waals surface area contributed by atoms with Gasteiger partial charge in [0.05, 0.1) is 32.1 Å². The molecule has 1 aromatic carbocycles. The van der Waals surface area contributed by atoms with E-state index in [0.29, 0.717) is 32.3 Å². The number of ether oxygens (including phenoxy) is 3. The largest absolute Gasteiger partial charge is 0.489 e. The topological polar surface area (TPSA) is 39.7 Å². The van der Waals surface area contributed by atoms with E-state index in [1.54, 1.807) is 0 Å². The zero-order chi connectivity index (χ0) is 12.6. The Labute approximate surface area is 108 Å². The molecule has 1 atom stereocenters. The lowest BCUT2D eigenvalue weighted by Gasteiger charge is -2.15. The highest BCUT2D eigenvalue weighted by molar-refractivity contribution is 5.56. The molecular formula is C14H21NO3. The van der Waals surface area contributed by atoms with Gasteiger partial charge in [-0.3, -0.25) is 0 Å². The molecule has 1 aliphatic rings. The van der Waals surface area contributed by atoms with E-state index in [9.17, 15) is 0 Å². The summed E-state index contributed by atoms with van der Waals surface area (Å²) in [5.74, 6) is 1.34. The molecule has 1 aliphatic heterocycles. The van der Waals surface area contributed by atoms with Crippen molar-refractivity contribution in [2.24, 2.45) is 5.92 Å². The molecule has 0 spiro atoms. The maximum Gasteiger partial charge on any atom is 0.142 e. The monoisotopic (exact) mass is 251 g/mol. The maximum absolute atomic E-state index is 5.71. The minimum absolute atomic E-state index is 0.457. The highest BCUT2D eigenvalue weighted by Crippen LogP contribution is 2.23. The number of hydrogen-bond donors (Lipinski definition) is 1. The average molecular weight is 251 g/mol. The summed E-state index contributed by atoms with van der Waals surface area (Å²) < 4.78 is 16.7. The molecule has 1 N–H and O–H groups in total. The fraction of sp³-hybridized carbons (Fsp3) is 0.571. The number of para-hydroxylation sites is 2. The Kier molecular flexibility index (Phi) is 5.30. The number of nitrogens with one attached hydrogen (secondary N) is 1. The number of benzene rings is 1. The number of rotatable bonds is 0. The zero-order valence-corrected chi connectivity index (χ0v) is 10.9. The quantitative estimate of drug-likeness (QED) is 0.767. The molecule has 1 unspecified atom stereocenters. The molecule has 18 heavy (non-hydrogen) atoms. The van der Waals surface area contributed by atoms with E-state index in [-0.39, 0.29) is 0 Å². The van der Waals surface area contributed by atoms with E-state index in [4.69, 9.17) is 14.2 Å². The van der Waals surface area contributed by atoms with Crippen LogP contribution in [-0.2, 0) is 9.47 Å². The van der Waals surface area contributed by atoms with Crippen molar-refractivity contribution in [1.82, 2.24) is 0 Å². The van der Waals surface area contributed by atoms with E-state index >= 15 is 0 Å². The summed E-state index contributed by atoms with van der Waals surface area (Å²) in [5, 5.41) is 3.41. The van der Waals surface area contributed by atoms with Crippen LogP contribution in [0, 0.1) is 5.92 Å². The van der Waals surface area contributed by atoms with Crippen molar-refractivity contribution in [3.8, 4) is 5.75 Å². The van der Waals surface area contributed by atoms with Crippen LogP contribution in [0.4, 0.5) is 5.69 Å². The molecule has 1 heterocycles. The SMILES string of the molecule is CC1CNc2ccccc2OCCOCCOC1. The first-order valence-corrected chi connectivity index (χ1v) is 6.47. The summed E-state index contributed by atoms with van der Waals surface area (Å²) in [6, 6.07) is 7.99. The Bertz CT molecular complexity index is 357. The summed E-state index contributed by atoms with van der Waals surface area (Å²) in [5.41, 5.74) is 1.03. The Morgan fingerprint density at radius 1 is 1.06 bits per heavy atom. The highest BCUT2D eigenvalue weighted by atomic mass is 16.5. The van der Waals surface area contributed by atoms with Gasteiger partial charge in [0.1, 0.15) is 12.4 Å². The zero-order valence-electron chi connectivity index (χ0n) is 10.9. The van der Waals surface area contributed by atoms with Crippen LogP contribution in [0.2, 0.25) is 0 Å². The van der Waals surface area contributed by atoms with Crippen LogP contribution in [-0.4, -0.2) is 39.6 Å². The van der Waals surface area contributed by atoms with Crippen molar-refractivity contribution >= 4 is 5.69 Å². The number of anilines is 1. The third-order valence-corrected chi connectivity index (χ3v) is 2.79. The molecule has 0 amide bonds. The van der Waals surface area contributed by atoms with Gasteiger partial charge in [-0.05, 0) is 18.1 Å². The van der Waals surface area contributed by atoms with E-state index < -0.39 is 0 Å². The summed E-state index contributed by atoms with van der Waals surface area (Å²) in [6.07, 6.45) is 0. The number of fused-ring (bicyclic) bond motifs is 1. The predicted molar refractivity (Wildman–Crippen MR) is 71.2 cm³/mol. The van der Waals surface area contributed by atoms with Crippen LogP contribution < -0.4 is 10.1 Å². The predicted octanol–water partition coefficient (Wildman–Crippen LogP) is 2.16. The van der Waals surface area contributed by atoms with Crippen LogP contribution in [0.15, 0.2) is 24.3 Å². The molecule has 0 saturated heterocycles. The molecule has 100 valence electrons. The summed E-state index contributed by atoms with van der Waals surface area (Å²) in [4.78, 5) is 0. The van der Waals surface area contributed by atoms with E-state index in [2.05, 4.69) is 12.2 Å².